The summed E-state index contributed by atoms with van der Waals surface area (Å²) in [6.07, 6.45) is 9.80. The highest BCUT2D eigenvalue weighted by Gasteiger charge is 2.35. The van der Waals surface area contributed by atoms with Crippen LogP contribution in [0.1, 0.15) is 65.7 Å². The molecule has 1 nitrogen and oxygen atoms in total. The van der Waals surface area contributed by atoms with Gasteiger partial charge in [0.15, 0.2) is 0 Å². The molecule has 100 valence electrons. The van der Waals surface area contributed by atoms with Crippen molar-refractivity contribution in [1.82, 2.24) is 0 Å². The fourth-order valence-corrected chi connectivity index (χ4v) is 4.16. The fourth-order valence-electron chi connectivity index (χ4n) is 4.16. The summed E-state index contributed by atoms with van der Waals surface area (Å²) in [6.45, 7) is 7.17. The lowest BCUT2D eigenvalue weighted by Crippen LogP contribution is -2.40. The molecule has 1 heteroatoms. The predicted molar refractivity (Wildman–Crippen MR) is 74.8 cm³/mol. The second-order valence-corrected chi connectivity index (χ2v) is 6.95. The Balaban J connectivity index is 1.86. The number of hydrogen-bond acceptors (Lipinski definition) is 1. The molecule has 0 spiro atoms. The summed E-state index contributed by atoms with van der Waals surface area (Å²) in [5.74, 6) is 4.45. The van der Waals surface area contributed by atoms with E-state index >= 15 is 0 Å². The maximum absolute atomic E-state index is 6.58. The van der Waals surface area contributed by atoms with Crippen molar-refractivity contribution in [3.05, 3.63) is 0 Å². The Morgan fingerprint density at radius 3 is 2.18 bits per heavy atom. The average Bonchev–Trinajstić information content (AvgIpc) is 2.80. The molecule has 0 aromatic heterocycles. The van der Waals surface area contributed by atoms with Crippen LogP contribution >= 0.6 is 0 Å². The lowest BCUT2D eigenvalue weighted by molar-refractivity contribution is 0.160. The summed E-state index contributed by atoms with van der Waals surface area (Å²) < 4.78 is 0. The average molecular weight is 237 g/mol. The van der Waals surface area contributed by atoms with Gasteiger partial charge in [-0.1, -0.05) is 40.0 Å². The maximum Gasteiger partial charge on any atom is 0.00958 e. The molecule has 0 aromatic carbocycles. The third-order valence-electron chi connectivity index (χ3n) is 5.89. The SMILES string of the molecule is CCC1CCC(C(N)C2CCC(C)C(C)C2)C1. The van der Waals surface area contributed by atoms with Crippen LogP contribution in [0.3, 0.4) is 0 Å². The number of nitrogens with two attached hydrogens (primary N) is 1. The molecule has 0 bridgehead atoms. The highest BCUT2D eigenvalue weighted by atomic mass is 14.7. The van der Waals surface area contributed by atoms with Crippen LogP contribution < -0.4 is 5.73 Å². The van der Waals surface area contributed by atoms with Gasteiger partial charge in [0.25, 0.3) is 0 Å². The minimum atomic E-state index is 0.501. The molecule has 2 rings (SSSR count). The highest BCUT2D eigenvalue weighted by molar-refractivity contribution is 4.89. The van der Waals surface area contributed by atoms with E-state index in [1.807, 2.05) is 0 Å². The van der Waals surface area contributed by atoms with Gasteiger partial charge < -0.3 is 5.73 Å². The zero-order chi connectivity index (χ0) is 12.4. The van der Waals surface area contributed by atoms with E-state index in [4.69, 9.17) is 5.73 Å². The zero-order valence-corrected chi connectivity index (χ0v) is 12.0. The standard InChI is InChI=1S/C16H31N/c1-4-13-6-8-15(10-13)16(17)14-7-5-11(2)12(3)9-14/h11-16H,4-10,17H2,1-3H3. The molecule has 2 aliphatic carbocycles. The molecule has 6 unspecified atom stereocenters. The normalized spacial score (nSPS) is 44.8. The molecule has 2 saturated carbocycles. The van der Waals surface area contributed by atoms with Crippen molar-refractivity contribution >= 4 is 0 Å². The molecule has 0 aromatic rings. The van der Waals surface area contributed by atoms with Crippen LogP contribution in [0.5, 0.6) is 0 Å². The first kappa shape index (κ1) is 13.4. The molecule has 2 N–H and O–H groups in total. The van der Waals surface area contributed by atoms with Crippen molar-refractivity contribution in [3.8, 4) is 0 Å². The van der Waals surface area contributed by atoms with Crippen LogP contribution in [-0.4, -0.2) is 6.04 Å². The fraction of sp³-hybridized carbons (Fsp3) is 1.00. The van der Waals surface area contributed by atoms with Crippen molar-refractivity contribution in [1.29, 1.82) is 0 Å². The molecule has 2 aliphatic rings. The topological polar surface area (TPSA) is 26.0 Å². The van der Waals surface area contributed by atoms with Crippen LogP contribution in [-0.2, 0) is 0 Å². The van der Waals surface area contributed by atoms with Crippen molar-refractivity contribution < 1.29 is 0 Å². The van der Waals surface area contributed by atoms with E-state index in [0.29, 0.717) is 6.04 Å². The minimum absolute atomic E-state index is 0.501. The van der Waals surface area contributed by atoms with Crippen molar-refractivity contribution in [2.45, 2.75) is 71.8 Å². The quantitative estimate of drug-likeness (QED) is 0.781. The Bertz CT molecular complexity index is 238. The van der Waals surface area contributed by atoms with Gasteiger partial charge in [0.05, 0.1) is 0 Å². The van der Waals surface area contributed by atoms with Crippen LogP contribution in [0.25, 0.3) is 0 Å². The van der Waals surface area contributed by atoms with Gasteiger partial charge in [-0.3, -0.25) is 0 Å². The van der Waals surface area contributed by atoms with Crippen molar-refractivity contribution in [2.24, 2.45) is 35.3 Å². The maximum atomic E-state index is 6.58. The lowest BCUT2D eigenvalue weighted by atomic mass is 9.71. The molecule has 0 saturated heterocycles. The number of rotatable bonds is 3. The highest BCUT2D eigenvalue weighted by Crippen LogP contribution is 2.41. The number of hydrogen-bond donors (Lipinski definition) is 1. The van der Waals surface area contributed by atoms with Crippen molar-refractivity contribution in [2.75, 3.05) is 0 Å². The summed E-state index contributed by atoms with van der Waals surface area (Å²) in [5, 5.41) is 0. The Labute approximate surface area is 108 Å². The third kappa shape index (κ3) is 3.05. The molecular weight excluding hydrogens is 206 g/mol. The molecule has 0 radical (unpaired) electrons. The minimum Gasteiger partial charge on any atom is -0.327 e. The molecule has 0 heterocycles. The first-order valence-corrected chi connectivity index (χ1v) is 7.87. The van der Waals surface area contributed by atoms with E-state index in [2.05, 4.69) is 20.8 Å². The first-order valence-electron chi connectivity index (χ1n) is 7.87. The molecule has 2 fully saturated rings. The van der Waals surface area contributed by atoms with E-state index in [1.165, 1.54) is 44.9 Å². The van der Waals surface area contributed by atoms with Gasteiger partial charge >= 0.3 is 0 Å². The van der Waals surface area contributed by atoms with Gasteiger partial charge in [0.1, 0.15) is 0 Å². The molecule has 0 aliphatic heterocycles. The van der Waals surface area contributed by atoms with E-state index in [0.717, 1.165) is 29.6 Å². The van der Waals surface area contributed by atoms with Crippen LogP contribution in [0.15, 0.2) is 0 Å². The Hall–Kier alpha value is -0.0400. The molecule has 0 amide bonds. The van der Waals surface area contributed by atoms with Gasteiger partial charge in [-0.25, -0.2) is 0 Å². The summed E-state index contributed by atoms with van der Waals surface area (Å²) in [7, 11) is 0. The van der Waals surface area contributed by atoms with E-state index in [1.54, 1.807) is 0 Å². The van der Waals surface area contributed by atoms with Gasteiger partial charge in [0, 0.05) is 6.04 Å². The summed E-state index contributed by atoms with van der Waals surface area (Å²) in [4.78, 5) is 0. The first-order chi connectivity index (χ1) is 8.11. The van der Waals surface area contributed by atoms with Crippen LogP contribution in [0.4, 0.5) is 0 Å². The van der Waals surface area contributed by atoms with Gasteiger partial charge in [-0.2, -0.15) is 0 Å². The Kier molecular flexibility index (Phi) is 4.52. The molecule has 17 heavy (non-hydrogen) atoms. The third-order valence-corrected chi connectivity index (χ3v) is 5.89. The summed E-state index contributed by atoms with van der Waals surface area (Å²) >= 11 is 0. The molecular formula is C16H31N. The van der Waals surface area contributed by atoms with Gasteiger partial charge in [0.2, 0.25) is 0 Å². The summed E-state index contributed by atoms with van der Waals surface area (Å²) in [6, 6.07) is 0.501. The van der Waals surface area contributed by atoms with E-state index in [-0.39, 0.29) is 0 Å². The predicted octanol–water partition coefficient (Wildman–Crippen LogP) is 4.21. The van der Waals surface area contributed by atoms with Gasteiger partial charge in [-0.05, 0) is 55.3 Å². The second kappa shape index (κ2) is 5.73. The largest absolute Gasteiger partial charge is 0.327 e. The summed E-state index contributed by atoms with van der Waals surface area (Å²) in [5.41, 5.74) is 6.58. The zero-order valence-electron chi connectivity index (χ0n) is 12.0. The Morgan fingerprint density at radius 1 is 0.941 bits per heavy atom. The smallest absolute Gasteiger partial charge is 0.00958 e. The van der Waals surface area contributed by atoms with Crippen molar-refractivity contribution in [3.63, 3.8) is 0 Å². The van der Waals surface area contributed by atoms with E-state index < -0.39 is 0 Å². The van der Waals surface area contributed by atoms with Crippen LogP contribution in [0.2, 0.25) is 0 Å². The lowest BCUT2D eigenvalue weighted by Gasteiger charge is -2.37. The Morgan fingerprint density at radius 2 is 1.59 bits per heavy atom. The van der Waals surface area contributed by atoms with Crippen LogP contribution in [0, 0.1) is 29.6 Å². The van der Waals surface area contributed by atoms with E-state index in [9.17, 15) is 0 Å². The second-order valence-electron chi connectivity index (χ2n) is 6.95. The van der Waals surface area contributed by atoms with Gasteiger partial charge in [-0.15, -0.1) is 0 Å². The monoisotopic (exact) mass is 237 g/mol. The molecule has 6 atom stereocenters.